The van der Waals surface area contributed by atoms with Crippen molar-refractivity contribution in [2.75, 3.05) is 20.2 Å². The van der Waals surface area contributed by atoms with Crippen molar-refractivity contribution >= 4 is 5.91 Å². The number of carbonyl (C=O) groups excluding carboxylic acids is 1. The lowest BCUT2D eigenvalue weighted by Crippen LogP contribution is -2.78. The number of rotatable bonds is 5. The molecule has 2 saturated carbocycles. The van der Waals surface area contributed by atoms with Gasteiger partial charge in [0.2, 0.25) is 0 Å². The number of nitrogens with zero attached hydrogens (tertiary/aromatic N) is 1. The normalized spacial score (nSPS) is 34.6. The van der Waals surface area contributed by atoms with E-state index in [1.807, 2.05) is 12.1 Å². The Labute approximate surface area is 205 Å². The molecule has 35 heavy (non-hydrogen) atoms. The second kappa shape index (κ2) is 7.37. The summed E-state index contributed by atoms with van der Waals surface area (Å²) < 4.78 is 11.8. The van der Waals surface area contributed by atoms with Crippen molar-refractivity contribution < 1.29 is 24.5 Å². The molecule has 184 valence electrons. The molecule has 2 aromatic carbocycles. The number of hydrogen-bond donors (Lipinski definition) is 3. The zero-order chi connectivity index (χ0) is 23.9. The van der Waals surface area contributed by atoms with Gasteiger partial charge in [-0.15, -0.1) is 0 Å². The minimum absolute atomic E-state index is 0.0287. The third-order valence-corrected chi connectivity index (χ3v) is 9.41. The number of benzene rings is 2. The van der Waals surface area contributed by atoms with Crippen LogP contribution >= 0.6 is 0 Å². The van der Waals surface area contributed by atoms with Gasteiger partial charge in [-0.2, -0.15) is 0 Å². The molecule has 2 heterocycles. The third-order valence-electron chi connectivity index (χ3n) is 9.41. The van der Waals surface area contributed by atoms with Crippen LogP contribution in [0.4, 0.5) is 0 Å². The SMILES string of the molecule is COc1cccc(C(=O)N[C@H]2CC[C@@]3(O)[C@H]4Cc5ccc(O)c6c5[C@@]3(CCN4CC3CC3)[C@H]2O6)c1. The van der Waals surface area contributed by atoms with E-state index in [9.17, 15) is 15.0 Å². The van der Waals surface area contributed by atoms with Gasteiger partial charge in [0.15, 0.2) is 11.5 Å². The topological polar surface area (TPSA) is 91.3 Å². The molecule has 7 heteroatoms. The maximum Gasteiger partial charge on any atom is 0.251 e. The molecular formula is C28H32N2O5. The number of phenolic OH excluding ortho intramolecular Hbond substituents is 1. The summed E-state index contributed by atoms with van der Waals surface area (Å²) in [6, 6.07) is 10.6. The molecule has 1 amide bonds. The molecule has 0 aromatic heterocycles. The Morgan fingerprint density at radius 2 is 2.09 bits per heavy atom. The van der Waals surface area contributed by atoms with E-state index in [4.69, 9.17) is 9.47 Å². The lowest BCUT2D eigenvalue weighted by atomic mass is 9.48. The molecule has 3 fully saturated rings. The first-order valence-electron chi connectivity index (χ1n) is 12.9. The van der Waals surface area contributed by atoms with Crippen LogP contribution in [-0.4, -0.2) is 65.0 Å². The van der Waals surface area contributed by atoms with E-state index in [1.54, 1.807) is 31.4 Å². The highest BCUT2D eigenvalue weighted by molar-refractivity contribution is 5.94. The number of nitrogens with one attached hydrogen (secondary N) is 1. The first-order chi connectivity index (χ1) is 16.9. The van der Waals surface area contributed by atoms with Crippen molar-refractivity contribution in [2.24, 2.45) is 5.92 Å². The number of amides is 1. The van der Waals surface area contributed by atoms with Gasteiger partial charge in [0.1, 0.15) is 11.9 Å². The lowest BCUT2D eigenvalue weighted by molar-refractivity contribution is -0.191. The second-order valence-electron chi connectivity index (χ2n) is 11.1. The first kappa shape index (κ1) is 21.5. The molecule has 0 unspecified atom stereocenters. The smallest absolute Gasteiger partial charge is 0.251 e. The largest absolute Gasteiger partial charge is 0.504 e. The van der Waals surface area contributed by atoms with E-state index in [0.717, 1.165) is 43.0 Å². The maximum absolute atomic E-state index is 13.3. The zero-order valence-electron chi connectivity index (χ0n) is 20.0. The number of aromatic hydroxyl groups is 1. The number of ether oxygens (including phenoxy) is 2. The Balaban J connectivity index is 1.28. The number of carbonyl (C=O) groups is 1. The Morgan fingerprint density at radius 1 is 1.23 bits per heavy atom. The first-order valence-corrected chi connectivity index (χ1v) is 12.9. The molecule has 2 aliphatic heterocycles. The Hall–Kier alpha value is -2.77. The summed E-state index contributed by atoms with van der Waals surface area (Å²) in [5.41, 5.74) is 1.09. The molecule has 0 radical (unpaired) electrons. The van der Waals surface area contributed by atoms with Gasteiger partial charge in [0.25, 0.3) is 5.91 Å². The van der Waals surface area contributed by atoms with Crippen LogP contribution in [0.2, 0.25) is 0 Å². The number of methoxy groups -OCH3 is 1. The summed E-state index contributed by atoms with van der Waals surface area (Å²) in [6.45, 7) is 1.94. The number of likely N-dealkylation sites (tertiary alicyclic amines) is 1. The average Bonchev–Trinajstić information content (AvgIpc) is 3.61. The monoisotopic (exact) mass is 476 g/mol. The molecule has 3 aliphatic carbocycles. The van der Waals surface area contributed by atoms with Crippen LogP contribution in [0.5, 0.6) is 17.2 Å². The number of phenols is 1. The van der Waals surface area contributed by atoms with E-state index >= 15 is 0 Å². The molecule has 7 nitrogen and oxygen atoms in total. The summed E-state index contributed by atoms with van der Waals surface area (Å²) >= 11 is 0. The van der Waals surface area contributed by atoms with Gasteiger partial charge in [0.05, 0.1) is 24.2 Å². The summed E-state index contributed by atoms with van der Waals surface area (Å²) in [4.78, 5) is 15.8. The molecule has 5 aliphatic rings. The van der Waals surface area contributed by atoms with Crippen molar-refractivity contribution in [1.82, 2.24) is 10.2 Å². The predicted octanol–water partition coefficient (Wildman–Crippen LogP) is 2.76. The standard InChI is InChI=1S/C28H32N2O5/c1-34-19-4-2-3-18(13-19)26(32)29-20-9-10-28(33)22-14-17-7-8-21(31)24-23(17)27(28,25(20)35-24)11-12-30(22)15-16-5-6-16/h2-4,7-8,13,16,20,22,25,31,33H,5-6,9-12,14-15H2,1H3,(H,29,32)/t20-,22+,25-,27-,28+/m0/s1. The van der Waals surface area contributed by atoms with E-state index in [-0.39, 0.29) is 23.7 Å². The quantitative estimate of drug-likeness (QED) is 0.615. The molecule has 1 spiro atoms. The van der Waals surface area contributed by atoms with Crippen molar-refractivity contribution in [2.45, 2.75) is 67.7 Å². The fourth-order valence-electron chi connectivity index (χ4n) is 7.65. The van der Waals surface area contributed by atoms with Gasteiger partial charge in [-0.1, -0.05) is 12.1 Å². The molecule has 5 atom stereocenters. The van der Waals surface area contributed by atoms with E-state index in [2.05, 4.69) is 10.2 Å². The minimum atomic E-state index is -0.950. The van der Waals surface area contributed by atoms with Gasteiger partial charge in [0, 0.05) is 23.7 Å². The van der Waals surface area contributed by atoms with Gasteiger partial charge in [-0.3, -0.25) is 9.69 Å². The predicted molar refractivity (Wildman–Crippen MR) is 129 cm³/mol. The van der Waals surface area contributed by atoms with Crippen LogP contribution in [0, 0.1) is 5.92 Å². The van der Waals surface area contributed by atoms with E-state index in [1.165, 1.54) is 12.8 Å². The van der Waals surface area contributed by atoms with Gasteiger partial charge in [-0.05, 0) is 80.8 Å². The van der Waals surface area contributed by atoms with Gasteiger partial charge in [-0.25, -0.2) is 0 Å². The third kappa shape index (κ3) is 2.88. The van der Waals surface area contributed by atoms with Crippen LogP contribution in [0.3, 0.4) is 0 Å². The van der Waals surface area contributed by atoms with Crippen LogP contribution in [0.25, 0.3) is 0 Å². The molecule has 1 saturated heterocycles. The molecular weight excluding hydrogens is 444 g/mol. The molecule has 2 aromatic rings. The number of piperidine rings is 1. The van der Waals surface area contributed by atoms with Crippen LogP contribution in [0.15, 0.2) is 36.4 Å². The average molecular weight is 477 g/mol. The number of aliphatic hydroxyl groups is 1. The van der Waals surface area contributed by atoms with Crippen molar-refractivity contribution in [3.8, 4) is 17.2 Å². The fourth-order valence-corrected chi connectivity index (χ4v) is 7.65. The van der Waals surface area contributed by atoms with Crippen LogP contribution in [-0.2, 0) is 11.8 Å². The van der Waals surface area contributed by atoms with Gasteiger partial charge < -0.3 is 25.0 Å². The Kier molecular flexibility index (Phi) is 4.53. The summed E-state index contributed by atoms with van der Waals surface area (Å²) in [5, 5.41) is 26.5. The second-order valence-corrected chi connectivity index (χ2v) is 11.1. The van der Waals surface area contributed by atoms with Crippen molar-refractivity contribution in [3.05, 3.63) is 53.1 Å². The summed E-state index contributed by atoms with van der Waals surface area (Å²) in [5.74, 6) is 1.82. The van der Waals surface area contributed by atoms with Crippen molar-refractivity contribution in [1.29, 1.82) is 0 Å². The van der Waals surface area contributed by atoms with Crippen molar-refractivity contribution in [3.63, 3.8) is 0 Å². The summed E-state index contributed by atoms with van der Waals surface area (Å²) in [6.07, 6.45) is 4.88. The fraction of sp³-hybridized carbons (Fsp3) is 0.536. The van der Waals surface area contributed by atoms with E-state index < -0.39 is 17.1 Å². The van der Waals surface area contributed by atoms with Gasteiger partial charge >= 0.3 is 0 Å². The maximum atomic E-state index is 13.3. The highest BCUT2D eigenvalue weighted by Crippen LogP contribution is 2.65. The highest BCUT2D eigenvalue weighted by atomic mass is 16.5. The summed E-state index contributed by atoms with van der Waals surface area (Å²) in [7, 11) is 1.58. The lowest BCUT2D eigenvalue weighted by Gasteiger charge is -2.64. The Morgan fingerprint density at radius 3 is 2.89 bits per heavy atom. The molecule has 2 bridgehead atoms. The zero-order valence-corrected chi connectivity index (χ0v) is 20.0. The van der Waals surface area contributed by atoms with Crippen LogP contribution in [0.1, 0.15) is 53.6 Å². The number of hydrogen-bond acceptors (Lipinski definition) is 6. The van der Waals surface area contributed by atoms with Crippen LogP contribution < -0.4 is 14.8 Å². The highest BCUT2D eigenvalue weighted by Gasteiger charge is 2.73. The van der Waals surface area contributed by atoms with E-state index in [0.29, 0.717) is 29.9 Å². The minimum Gasteiger partial charge on any atom is -0.504 e. The molecule has 7 rings (SSSR count). The molecule has 3 N–H and O–H groups in total. The Bertz CT molecular complexity index is 1210.